The first kappa shape index (κ1) is 14.6. The number of hydrogen-bond acceptors (Lipinski definition) is 3. The molecule has 0 saturated heterocycles. The van der Waals surface area contributed by atoms with Gasteiger partial charge in [0.15, 0.2) is 0 Å². The van der Waals surface area contributed by atoms with Gasteiger partial charge in [0.2, 0.25) is 0 Å². The third-order valence-electron chi connectivity index (χ3n) is 3.16. The van der Waals surface area contributed by atoms with Gasteiger partial charge in [-0.1, -0.05) is 18.2 Å². The highest BCUT2D eigenvalue weighted by Crippen LogP contribution is 2.14. The Kier molecular flexibility index (Phi) is 4.57. The van der Waals surface area contributed by atoms with Crippen molar-refractivity contribution in [2.24, 2.45) is 0 Å². The van der Waals surface area contributed by atoms with Crippen LogP contribution in [0, 0.1) is 11.3 Å². The maximum atomic E-state index is 12.3. The molecule has 21 heavy (non-hydrogen) atoms. The number of rotatable bonds is 4. The largest absolute Gasteiger partial charge is 0.497 e. The van der Waals surface area contributed by atoms with E-state index >= 15 is 0 Å². The van der Waals surface area contributed by atoms with Gasteiger partial charge in [-0.2, -0.15) is 5.26 Å². The molecule has 0 spiro atoms. The molecule has 0 heterocycles. The Labute approximate surface area is 124 Å². The molecule has 0 aliphatic rings. The maximum Gasteiger partial charge on any atom is 0.253 e. The van der Waals surface area contributed by atoms with Crippen molar-refractivity contribution in [2.45, 2.75) is 6.54 Å². The van der Waals surface area contributed by atoms with E-state index < -0.39 is 0 Å². The molecule has 0 saturated carbocycles. The molecule has 0 bridgehead atoms. The van der Waals surface area contributed by atoms with E-state index in [9.17, 15) is 4.79 Å². The van der Waals surface area contributed by atoms with E-state index in [1.807, 2.05) is 30.3 Å². The molecule has 0 unspecified atom stereocenters. The minimum absolute atomic E-state index is 0.108. The maximum absolute atomic E-state index is 12.3. The fourth-order valence-electron chi connectivity index (χ4n) is 2.02. The van der Waals surface area contributed by atoms with E-state index in [1.54, 1.807) is 43.3 Å². The average molecular weight is 280 g/mol. The zero-order valence-corrected chi connectivity index (χ0v) is 12.0. The first-order valence-corrected chi connectivity index (χ1v) is 6.52. The van der Waals surface area contributed by atoms with Gasteiger partial charge in [-0.05, 0) is 35.9 Å². The van der Waals surface area contributed by atoms with Crippen molar-refractivity contribution in [1.29, 1.82) is 5.26 Å². The summed E-state index contributed by atoms with van der Waals surface area (Å²) in [6.45, 7) is 0.500. The van der Waals surface area contributed by atoms with Crippen LogP contribution in [0.2, 0.25) is 0 Å². The summed E-state index contributed by atoms with van der Waals surface area (Å²) >= 11 is 0. The number of nitrogens with zero attached hydrogens (tertiary/aromatic N) is 2. The van der Waals surface area contributed by atoms with Gasteiger partial charge in [0.1, 0.15) is 5.75 Å². The van der Waals surface area contributed by atoms with Crippen molar-refractivity contribution in [1.82, 2.24) is 4.90 Å². The fourth-order valence-corrected chi connectivity index (χ4v) is 2.02. The molecule has 0 fully saturated rings. The molecule has 4 heteroatoms. The number of methoxy groups -OCH3 is 1. The molecule has 4 nitrogen and oxygen atoms in total. The van der Waals surface area contributed by atoms with Crippen LogP contribution in [-0.2, 0) is 6.54 Å². The second-order valence-corrected chi connectivity index (χ2v) is 4.70. The van der Waals surface area contributed by atoms with E-state index in [2.05, 4.69) is 0 Å². The smallest absolute Gasteiger partial charge is 0.253 e. The quantitative estimate of drug-likeness (QED) is 0.865. The van der Waals surface area contributed by atoms with E-state index in [-0.39, 0.29) is 5.91 Å². The van der Waals surface area contributed by atoms with Gasteiger partial charge in [-0.25, -0.2) is 0 Å². The lowest BCUT2D eigenvalue weighted by molar-refractivity contribution is 0.0785. The number of carbonyl (C=O) groups excluding carboxylic acids is 1. The summed E-state index contributed by atoms with van der Waals surface area (Å²) in [5, 5.41) is 8.88. The van der Waals surface area contributed by atoms with E-state index in [0.717, 1.165) is 11.3 Å². The molecular weight excluding hydrogens is 264 g/mol. The molecule has 0 N–H and O–H groups in total. The molecule has 0 radical (unpaired) electrons. The molecule has 0 atom stereocenters. The third kappa shape index (κ3) is 3.61. The van der Waals surface area contributed by atoms with Gasteiger partial charge in [0.05, 0.1) is 18.7 Å². The van der Waals surface area contributed by atoms with Gasteiger partial charge >= 0.3 is 0 Å². The second kappa shape index (κ2) is 6.58. The molecule has 1 amide bonds. The predicted octanol–water partition coefficient (Wildman–Crippen LogP) is 2.84. The van der Waals surface area contributed by atoms with Crippen molar-refractivity contribution < 1.29 is 9.53 Å². The van der Waals surface area contributed by atoms with Crippen molar-refractivity contribution in [3.8, 4) is 11.8 Å². The summed E-state index contributed by atoms with van der Waals surface area (Å²) in [7, 11) is 3.36. The zero-order valence-electron chi connectivity index (χ0n) is 12.0. The summed E-state index contributed by atoms with van der Waals surface area (Å²) in [5.41, 5.74) is 2.02. The van der Waals surface area contributed by atoms with Crippen molar-refractivity contribution in [3.05, 3.63) is 65.2 Å². The van der Waals surface area contributed by atoms with Gasteiger partial charge in [0.25, 0.3) is 5.91 Å². The van der Waals surface area contributed by atoms with Crippen molar-refractivity contribution in [2.75, 3.05) is 14.2 Å². The van der Waals surface area contributed by atoms with Crippen LogP contribution in [0.25, 0.3) is 0 Å². The van der Waals surface area contributed by atoms with E-state index in [4.69, 9.17) is 10.00 Å². The van der Waals surface area contributed by atoms with E-state index in [0.29, 0.717) is 17.7 Å². The second-order valence-electron chi connectivity index (χ2n) is 4.70. The number of hydrogen-bond donors (Lipinski definition) is 0. The first-order chi connectivity index (χ1) is 10.1. The number of amides is 1. The zero-order chi connectivity index (χ0) is 15.2. The summed E-state index contributed by atoms with van der Waals surface area (Å²) in [5.74, 6) is 0.678. The average Bonchev–Trinajstić information content (AvgIpc) is 2.54. The van der Waals surface area contributed by atoms with Crippen molar-refractivity contribution >= 4 is 5.91 Å². The molecule has 2 rings (SSSR count). The SMILES string of the molecule is COc1ccc(CN(C)C(=O)c2cccc(C#N)c2)cc1. The van der Waals surface area contributed by atoms with Gasteiger partial charge < -0.3 is 9.64 Å². The summed E-state index contributed by atoms with van der Waals surface area (Å²) in [6, 6.07) is 16.3. The van der Waals surface area contributed by atoms with Crippen LogP contribution in [0.3, 0.4) is 0 Å². The third-order valence-corrected chi connectivity index (χ3v) is 3.16. The standard InChI is InChI=1S/C17H16N2O2/c1-19(12-13-6-8-16(21-2)9-7-13)17(20)15-5-3-4-14(10-15)11-18/h3-10H,12H2,1-2H3. The van der Waals surface area contributed by atoms with Crippen LogP contribution in [0.15, 0.2) is 48.5 Å². The van der Waals surface area contributed by atoms with Crippen LogP contribution in [0.5, 0.6) is 5.75 Å². The first-order valence-electron chi connectivity index (χ1n) is 6.52. The Morgan fingerprint density at radius 3 is 2.57 bits per heavy atom. The fraction of sp³-hybridized carbons (Fsp3) is 0.176. The highest BCUT2D eigenvalue weighted by molar-refractivity contribution is 5.94. The molecule has 0 aliphatic carbocycles. The summed E-state index contributed by atoms with van der Waals surface area (Å²) < 4.78 is 5.11. The number of carbonyl (C=O) groups is 1. The Morgan fingerprint density at radius 1 is 1.24 bits per heavy atom. The normalized spacial score (nSPS) is 9.76. The Morgan fingerprint density at radius 2 is 1.95 bits per heavy atom. The molecule has 0 aliphatic heterocycles. The number of benzene rings is 2. The van der Waals surface area contributed by atoms with Crippen molar-refractivity contribution in [3.63, 3.8) is 0 Å². The lowest BCUT2D eigenvalue weighted by Crippen LogP contribution is -2.26. The van der Waals surface area contributed by atoms with Gasteiger partial charge in [0, 0.05) is 19.2 Å². The monoisotopic (exact) mass is 280 g/mol. The minimum Gasteiger partial charge on any atom is -0.497 e. The van der Waals surface area contributed by atoms with Crippen LogP contribution < -0.4 is 4.74 Å². The van der Waals surface area contributed by atoms with Crippen LogP contribution in [0.1, 0.15) is 21.5 Å². The number of nitriles is 1. The van der Waals surface area contributed by atoms with E-state index in [1.165, 1.54) is 0 Å². The summed E-state index contributed by atoms with van der Waals surface area (Å²) in [4.78, 5) is 14.0. The van der Waals surface area contributed by atoms with Crippen LogP contribution >= 0.6 is 0 Å². The Bertz CT molecular complexity index is 672. The molecular formula is C17H16N2O2. The molecule has 2 aromatic carbocycles. The van der Waals surface area contributed by atoms with Gasteiger partial charge in [-0.15, -0.1) is 0 Å². The number of ether oxygens (including phenoxy) is 1. The Hall–Kier alpha value is -2.80. The predicted molar refractivity (Wildman–Crippen MR) is 79.9 cm³/mol. The highest BCUT2D eigenvalue weighted by atomic mass is 16.5. The topological polar surface area (TPSA) is 53.3 Å². The summed E-state index contributed by atoms with van der Waals surface area (Å²) in [6.07, 6.45) is 0. The molecule has 2 aromatic rings. The Balaban J connectivity index is 2.09. The molecule has 0 aromatic heterocycles. The van der Waals surface area contributed by atoms with Crippen LogP contribution in [0.4, 0.5) is 0 Å². The highest BCUT2D eigenvalue weighted by Gasteiger charge is 2.12. The lowest BCUT2D eigenvalue weighted by Gasteiger charge is -2.17. The van der Waals surface area contributed by atoms with Gasteiger partial charge in [-0.3, -0.25) is 4.79 Å². The van der Waals surface area contributed by atoms with Crippen LogP contribution in [-0.4, -0.2) is 25.0 Å². The molecule has 106 valence electrons. The minimum atomic E-state index is -0.108. The lowest BCUT2D eigenvalue weighted by atomic mass is 10.1.